The Morgan fingerprint density at radius 3 is 2.67 bits per heavy atom. The van der Waals surface area contributed by atoms with Gasteiger partial charge in [0.15, 0.2) is 0 Å². The zero-order valence-corrected chi connectivity index (χ0v) is 7.84. The average Bonchev–Trinajstić information content (AvgIpc) is 2.43. The van der Waals surface area contributed by atoms with Crippen molar-refractivity contribution < 1.29 is 13.2 Å². The zero-order chi connectivity index (χ0) is 11.5. The van der Waals surface area contributed by atoms with Crippen LogP contribution in [0.4, 0.5) is 13.2 Å². The van der Waals surface area contributed by atoms with Gasteiger partial charge in [-0.2, -0.15) is 18.3 Å². The van der Waals surface area contributed by atoms with E-state index in [0.29, 0.717) is 17.5 Å². The molecule has 3 N–H and O–H groups in total. The van der Waals surface area contributed by atoms with Crippen molar-refractivity contribution in [2.45, 2.75) is 25.6 Å². The number of hydrogen-bond donors (Lipinski definition) is 2. The Morgan fingerprint density at radius 1 is 1.47 bits per heavy atom. The smallest absolute Gasteiger partial charge is 0.330 e. The summed E-state index contributed by atoms with van der Waals surface area (Å²) in [6.07, 6.45) is -3.68. The van der Waals surface area contributed by atoms with Gasteiger partial charge in [-0.05, 0) is 13.0 Å². The molecule has 0 saturated carbocycles. The zero-order valence-electron chi connectivity index (χ0n) is 7.84. The van der Waals surface area contributed by atoms with Gasteiger partial charge in [0.05, 0.1) is 0 Å². The second-order valence-corrected chi connectivity index (χ2v) is 3.04. The van der Waals surface area contributed by atoms with Crippen molar-refractivity contribution >= 4 is 0 Å². The van der Waals surface area contributed by atoms with Gasteiger partial charge in [0, 0.05) is 6.42 Å². The van der Waals surface area contributed by atoms with E-state index in [1.807, 2.05) is 5.10 Å². The molecule has 0 bridgehead atoms. The lowest BCUT2D eigenvalue weighted by atomic mass is 10.3. The van der Waals surface area contributed by atoms with Crippen LogP contribution in [0.25, 0.3) is 0 Å². The largest absolute Gasteiger partial charge is 0.406 e. The maximum absolute atomic E-state index is 12.1. The Hall–Kier alpha value is -1.31. The van der Waals surface area contributed by atoms with E-state index in [1.54, 1.807) is 0 Å². The fraction of sp³-hybridized carbons (Fsp3) is 0.714. The van der Waals surface area contributed by atoms with Crippen molar-refractivity contribution in [2.75, 3.05) is 6.54 Å². The molecular weight excluding hydrogens is 213 g/mol. The van der Waals surface area contributed by atoms with E-state index in [4.69, 9.17) is 5.73 Å². The Labute approximate surface area is 83.1 Å². The standard InChI is InChI=1S/C7H11F3N4O/c8-7(9,10)4-14-5(2-1-3-11)12-13-6(14)15/h1-4,11H2,(H,13,15). The summed E-state index contributed by atoms with van der Waals surface area (Å²) in [5.41, 5.74) is 4.37. The van der Waals surface area contributed by atoms with Crippen molar-refractivity contribution in [3.8, 4) is 0 Å². The lowest BCUT2D eigenvalue weighted by Gasteiger charge is -2.08. The summed E-state index contributed by atoms with van der Waals surface area (Å²) < 4.78 is 36.8. The second kappa shape index (κ2) is 4.47. The number of aryl methyl sites for hydroxylation is 1. The minimum Gasteiger partial charge on any atom is -0.330 e. The summed E-state index contributed by atoms with van der Waals surface area (Å²) in [7, 11) is 0. The molecule has 15 heavy (non-hydrogen) atoms. The summed E-state index contributed by atoms with van der Waals surface area (Å²) in [6.45, 7) is -0.977. The van der Waals surface area contributed by atoms with Crippen LogP contribution in [0.1, 0.15) is 12.2 Å². The first kappa shape index (κ1) is 11.8. The van der Waals surface area contributed by atoms with Crippen molar-refractivity contribution in [3.05, 3.63) is 16.3 Å². The molecule has 0 aromatic carbocycles. The highest BCUT2D eigenvalue weighted by Gasteiger charge is 2.30. The molecule has 0 amide bonds. The number of halogens is 3. The van der Waals surface area contributed by atoms with Crippen molar-refractivity contribution in [2.24, 2.45) is 5.73 Å². The molecule has 1 aromatic rings. The molecule has 5 nitrogen and oxygen atoms in total. The summed E-state index contributed by atoms with van der Waals surface area (Å²) in [5, 5.41) is 5.49. The molecule has 0 aliphatic carbocycles. The van der Waals surface area contributed by atoms with Crippen LogP contribution >= 0.6 is 0 Å². The molecule has 0 aliphatic heterocycles. The number of alkyl halides is 3. The first-order valence-corrected chi connectivity index (χ1v) is 4.35. The topological polar surface area (TPSA) is 76.7 Å². The van der Waals surface area contributed by atoms with Crippen LogP contribution in [-0.4, -0.2) is 27.5 Å². The summed E-state index contributed by atoms with van der Waals surface area (Å²) in [6, 6.07) is 0. The lowest BCUT2D eigenvalue weighted by Crippen LogP contribution is -2.28. The molecule has 0 aliphatic rings. The van der Waals surface area contributed by atoms with E-state index >= 15 is 0 Å². The molecule has 0 spiro atoms. The van der Waals surface area contributed by atoms with E-state index in [2.05, 4.69) is 5.10 Å². The molecule has 0 atom stereocenters. The summed E-state index contributed by atoms with van der Waals surface area (Å²) in [4.78, 5) is 11.0. The predicted octanol–water partition coefficient (Wildman–Crippen LogP) is 0.0250. The number of H-pyrrole nitrogens is 1. The molecule has 1 rings (SSSR count). The molecule has 1 aromatic heterocycles. The molecule has 1 heterocycles. The van der Waals surface area contributed by atoms with Gasteiger partial charge in [-0.3, -0.25) is 4.57 Å². The highest BCUT2D eigenvalue weighted by molar-refractivity contribution is 4.87. The fourth-order valence-corrected chi connectivity index (χ4v) is 1.14. The summed E-state index contributed by atoms with van der Waals surface area (Å²) >= 11 is 0. The lowest BCUT2D eigenvalue weighted by molar-refractivity contribution is -0.141. The van der Waals surface area contributed by atoms with Crippen molar-refractivity contribution in [1.29, 1.82) is 0 Å². The Bertz CT molecular complexity index is 367. The highest BCUT2D eigenvalue weighted by Crippen LogP contribution is 2.17. The number of rotatable bonds is 4. The summed E-state index contributed by atoms with van der Waals surface area (Å²) in [5.74, 6) is 0.0859. The van der Waals surface area contributed by atoms with Gasteiger partial charge in [0.1, 0.15) is 12.4 Å². The predicted molar refractivity (Wildman–Crippen MR) is 46.3 cm³/mol. The Balaban J connectivity index is 2.85. The van der Waals surface area contributed by atoms with E-state index in [9.17, 15) is 18.0 Å². The quantitative estimate of drug-likeness (QED) is 0.757. The number of nitrogens with one attached hydrogen (secondary N) is 1. The van der Waals surface area contributed by atoms with Crippen LogP contribution < -0.4 is 11.4 Å². The first-order chi connectivity index (χ1) is 6.94. The van der Waals surface area contributed by atoms with Crippen LogP contribution in [-0.2, 0) is 13.0 Å². The Kier molecular flexibility index (Phi) is 3.51. The number of aromatic amines is 1. The molecule has 0 saturated heterocycles. The van der Waals surface area contributed by atoms with Gasteiger partial charge in [-0.1, -0.05) is 0 Å². The molecule has 0 unspecified atom stereocenters. The van der Waals surface area contributed by atoms with Crippen LogP contribution in [0, 0.1) is 0 Å². The third-order valence-electron chi connectivity index (χ3n) is 1.78. The van der Waals surface area contributed by atoms with E-state index in [1.165, 1.54) is 0 Å². The SMILES string of the molecule is NCCCc1n[nH]c(=O)n1CC(F)(F)F. The van der Waals surface area contributed by atoms with Crippen molar-refractivity contribution in [3.63, 3.8) is 0 Å². The highest BCUT2D eigenvalue weighted by atomic mass is 19.4. The maximum Gasteiger partial charge on any atom is 0.406 e. The van der Waals surface area contributed by atoms with Crippen LogP contribution in [0.3, 0.4) is 0 Å². The first-order valence-electron chi connectivity index (χ1n) is 4.35. The molecule has 8 heteroatoms. The van der Waals surface area contributed by atoms with Gasteiger partial charge in [-0.25, -0.2) is 9.89 Å². The number of aromatic nitrogens is 3. The monoisotopic (exact) mass is 224 g/mol. The van der Waals surface area contributed by atoms with E-state index < -0.39 is 18.4 Å². The van der Waals surface area contributed by atoms with E-state index in [-0.39, 0.29) is 12.2 Å². The number of nitrogens with zero attached hydrogens (tertiary/aromatic N) is 2. The fourth-order valence-electron chi connectivity index (χ4n) is 1.14. The van der Waals surface area contributed by atoms with Crippen LogP contribution in [0.2, 0.25) is 0 Å². The average molecular weight is 224 g/mol. The molecule has 0 fully saturated rings. The maximum atomic E-state index is 12.1. The van der Waals surface area contributed by atoms with Gasteiger partial charge < -0.3 is 5.73 Å². The number of nitrogens with two attached hydrogens (primary N) is 1. The van der Waals surface area contributed by atoms with Crippen molar-refractivity contribution in [1.82, 2.24) is 14.8 Å². The van der Waals surface area contributed by atoms with Gasteiger partial charge in [0.25, 0.3) is 0 Å². The molecule has 86 valence electrons. The normalized spacial score (nSPS) is 12.0. The van der Waals surface area contributed by atoms with Crippen LogP contribution in [0.15, 0.2) is 4.79 Å². The van der Waals surface area contributed by atoms with Crippen LogP contribution in [0.5, 0.6) is 0 Å². The van der Waals surface area contributed by atoms with Gasteiger partial charge in [0.2, 0.25) is 0 Å². The number of hydrogen-bond acceptors (Lipinski definition) is 3. The third-order valence-corrected chi connectivity index (χ3v) is 1.78. The van der Waals surface area contributed by atoms with E-state index in [0.717, 1.165) is 0 Å². The second-order valence-electron chi connectivity index (χ2n) is 3.04. The third kappa shape index (κ3) is 3.39. The molecule has 0 radical (unpaired) electrons. The minimum absolute atomic E-state index is 0.0859. The molecular formula is C7H11F3N4O. The Morgan fingerprint density at radius 2 is 2.13 bits per heavy atom. The van der Waals surface area contributed by atoms with Gasteiger partial charge >= 0.3 is 11.9 Å². The van der Waals surface area contributed by atoms with Gasteiger partial charge in [-0.15, -0.1) is 0 Å². The minimum atomic E-state index is -4.43.